The Bertz CT molecular complexity index is 1000. The Morgan fingerprint density at radius 2 is 1.32 bits per heavy atom. The van der Waals surface area contributed by atoms with Crippen LogP contribution in [0, 0.1) is 11.3 Å². The summed E-state index contributed by atoms with van der Waals surface area (Å²) in [6, 6.07) is 17.1. The molecule has 0 radical (unpaired) electrons. The Morgan fingerprint density at radius 1 is 0.710 bits per heavy atom. The van der Waals surface area contributed by atoms with E-state index < -0.39 is 14.6 Å². The minimum Gasteiger partial charge on any atom is -0.493 e. The SMILES string of the molecule is O=S(=O)(c1ccccc1)C12CCCC3(CCCCCCCC3)C1COc1ccccc12. The fraction of sp³-hybridized carbons (Fsp3) is 0.556. The second-order valence-electron chi connectivity index (χ2n) is 9.90. The number of hydrogen-bond donors (Lipinski definition) is 0. The Balaban J connectivity index is 1.71. The lowest BCUT2D eigenvalue weighted by molar-refractivity contribution is -0.0128. The number of hydrogen-bond acceptors (Lipinski definition) is 3. The van der Waals surface area contributed by atoms with Crippen molar-refractivity contribution in [2.75, 3.05) is 6.61 Å². The van der Waals surface area contributed by atoms with Crippen LogP contribution in [0.5, 0.6) is 5.75 Å². The molecule has 0 amide bonds. The molecule has 2 saturated carbocycles. The summed E-state index contributed by atoms with van der Waals surface area (Å²) in [5, 5.41) is 0. The zero-order valence-corrected chi connectivity index (χ0v) is 19.2. The molecule has 2 aromatic rings. The van der Waals surface area contributed by atoms with E-state index in [9.17, 15) is 8.42 Å². The molecule has 0 bridgehead atoms. The third-order valence-electron chi connectivity index (χ3n) is 8.41. The molecule has 1 spiro atoms. The number of para-hydroxylation sites is 1. The molecule has 3 aliphatic rings. The summed E-state index contributed by atoms with van der Waals surface area (Å²) in [5.74, 6) is 0.769. The maximum Gasteiger partial charge on any atom is 0.188 e. The first-order valence-electron chi connectivity index (χ1n) is 12.1. The smallest absolute Gasteiger partial charge is 0.188 e. The third-order valence-corrected chi connectivity index (χ3v) is 11.0. The van der Waals surface area contributed by atoms with Crippen LogP contribution < -0.4 is 4.74 Å². The summed E-state index contributed by atoms with van der Waals surface area (Å²) in [4.78, 5) is 0.455. The molecule has 2 unspecified atom stereocenters. The van der Waals surface area contributed by atoms with Gasteiger partial charge in [0.2, 0.25) is 0 Å². The summed E-state index contributed by atoms with van der Waals surface area (Å²) >= 11 is 0. The number of ether oxygens (including phenoxy) is 1. The van der Waals surface area contributed by atoms with E-state index in [1.165, 1.54) is 38.5 Å². The highest BCUT2D eigenvalue weighted by Crippen LogP contribution is 2.63. The summed E-state index contributed by atoms with van der Waals surface area (Å²) in [6.07, 6.45) is 12.6. The van der Waals surface area contributed by atoms with E-state index in [0.717, 1.165) is 37.0 Å². The average molecular weight is 439 g/mol. The van der Waals surface area contributed by atoms with Crippen molar-refractivity contribution in [1.29, 1.82) is 0 Å². The molecule has 5 rings (SSSR count). The van der Waals surface area contributed by atoms with Crippen molar-refractivity contribution in [2.45, 2.75) is 80.3 Å². The Labute approximate surface area is 187 Å². The van der Waals surface area contributed by atoms with Crippen LogP contribution in [0.2, 0.25) is 0 Å². The highest BCUT2D eigenvalue weighted by atomic mass is 32.2. The normalized spacial score (nSPS) is 28.3. The van der Waals surface area contributed by atoms with Gasteiger partial charge in [0.15, 0.2) is 9.84 Å². The summed E-state index contributed by atoms with van der Waals surface area (Å²) < 4.78 is 34.4. The summed E-state index contributed by atoms with van der Waals surface area (Å²) in [5.41, 5.74) is 0.951. The maximum absolute atomic E-state index is 14.5. The molecule has 1 heterocycles. The second-order valence-corrected chi connectivity index (χ2v) is 12.1. The molecule has 2 atom stereocenters. The van der Waals surface area contributed by atoms with E-state index in [1.54, 1.807) is 12.1 Å². The van der Waals surface area contributed by atoms with Gasteiger partial charge in [-0.2, -0.15) is 0 Å². The topological polar surface area (TPSA) is 43.4 Å². The predicted molar refractivity (Wildman–Crippen MR) is 124 cm³/mol. The van der Waals surface area contributed by atoms with E-state index in [-0.39, 0.29) is 11.3 Å². The molecule has 0 aromatic heterocycles. The van der Waals surface area contributed by atoms with Crippen molar-refractivity contribution in [2.24, 2.45) is 11.3 Å². The highest BCUT2D eigenvalue weighted by Gasteiger charge is 2.63. The zero-order valence-electron chi connectivity index (χ0n) is 18.4. The molecule has 0 N–H and O–H groups in total. The minimum atomic E-state index is -3.58. The molecule has 2 fully saturated rings. The number of benzene rings is 2. The maximum atomic E-state index is 14.5. The van der Waals surface area contributed by atoms with Gasteiger partial charge in [-0.25, -0.2) is 8.42 Å². The second kappa shape index (κ2) is 8.27. The van der Waals surface area contributed by atoms with E-state index in [4.69, 9.17) is 4.74 Å². The Hall–Kier alpha value is -1.81. The third kappa shape index (κ3) is 3.33. The fourth-order valence-corrected chi connectivity index (χ4v) is 9.46. The van der Waals surface area contributed by atoms with Crippen LogP contribution in [0.1, 0.15) is 76.2 Å². The van der Waals surface area contributed by atoms with Gasteiger partial charge in [0, 0.05) is 11.5 Å². The van der Waals surface area contributed by atoms with Crippen molar-refractivity contribution < 1.29 is 13.2 Å². The molecule has 1 aliphatic heterocycles. The van der Waals surface area contributed by atoms with Crippen molar-refractivity contribution in [1.82, 2.24) is 0 Å². The quantitative estimate of drug-likeness (QED) is 0.526. The van der Waals surface area contributed by atoms with Gasteiger partial charge in [0.1, 0.15) is 10.5 Å². The first-order valence-corrected chi connectivity index (χ1v) is 13.6. The van der Waals surface area contributed by atoms with Crippen LogP contribution in [0.25, 0.3) is 0 Å². The van der Waals surface area contributed by atoms with Gasteiger partial charge in [0.25, 0.3) is 0 Å². The van der Waals surface area contributed by atoms with E-state index in [2.05, 4.69) is 0 Å². The Kier molecular flexibility index (Phi) is 5.62. The molecule has 31 heavy (non-hydrogen) atoms. The predicted octanol–water partition coefficient (Wildman–Crippen LogP) is 6.67. The lowest BCUT2D eigenvalue weighted by atomic mass is 9.55. The molecule has 166 valence electrons. The van der Waals surface area contributed by atoms with E-state index >= 15 is 0 Å². The van der Waals surface area contributed by atoms with Gasteiger partial charge in [0.05, 0.1) is 11.5 Å². The van der Waals surface area contributed by atoms with Crippen molar-refractivity contribution >= 4 is 9.84 Å². The van der Waals surface area contributed by atoms with Crippen LogP contribution >= 0.6 is 0 Å². The molecule has 4 heteroatoms. The van der Waals surface area contributed by atoms with Crippen molar-refractivity contribution in [3.63, 3.8) is 0 Å². The van der Waals surface area contributed by atoms with Gasteiger partial charge >= 0.3 is 0 Å². The van der Waals surface area contributed by atoms with Gasteiger partial charge in [-0.05, 0) is 49.3 Å². The molecule has 2 aromatic carbocycles. The molecular weight excluding hydrogens is 404 g/mol. The largest absolute Gasteiger partial charge is 0.493 e. The van der Waals surface area contributed by atoms with Crippen LogP contribution in [-0.2, 0) is 14.6 Å². The first kappa shape index (κ1) is 21.1. The molecular formula is C27H34O3S. The lowest BCUT2D eigenvalue weighted by Gasteiger charge is -2.56. The standard InChI is InChI=1S/C27H34O3S/c28-31(29,22-13-6-5-7-14-22)27-20-12-19-26(17-10-3-1-2-4-11-18-26)25(27)21-30-24-16-9-8-15-23(24)27/h5-9,13-16,25H,1-4,10-12,17-21H2. The van der Waals surface area contributed by atoms with E-state index in [1.807, 2.05) is 42.5 Å². The highest BCUT2D eigenvalue weighted by molar-refractivity contribution is 7.92. The first-order chi connectivity index (χ1) is 15.1. The van der Waals surface area contributed by atoms with Gasteiger partial charge in [-0.1, -0.05) is 81.3 Å². The van der Waals surface area contributed by atoms with Crippen LogP contribution in [0.4, 0.5) is 0 Å². The lowest BCUT2D eigenvalue weighted by Crippen LogP contribution is -2.57. The number of rotatable bonds is 2. The summed E-state index contributed by atoms with van der Waals surface area (Å²) in [6.45, 7) is 0.517. The van der Waals surface area contributed by atoms with Gasteiger partial charge in [-0.3, -0.25) is 0 Å². The number of fused-ring (bicyclic) bond motifs is 4. The van der Waals surface area contributed by atoms with Crippen LogP contribution in [-0.4, -0.2) is 15.0 Å². The monoisotopic (exact) mass is 438 g/mol. The molecule has 0 saturated heterocycles. The molecule has 2 aliphatic carbocycles. The van der Waals surface area contributed by atoms with E-state index in [0.29, 0.717) is 17.9 Å². The van der Waals surface area contributed by atoms with Gasteiger partial charge in [-0.15, -0.1) is 0 Å². The Morgan fingerprint density at radius 3 is 2.06 bits per heavy atom. The molecule has 3 nitrogen and oxygen atoms in total. The van der Waals surface area contributed by atoms with Crippen LogP contribution in [0.3, 0.4) is 0 Å². The minimum absolute atomic E-state index is 0.00644. The number of sulfone groups is 1. The van der Waals surface area contributed by atoms with Crippen molar-refractivity contribution in [3.05, 3.63) is 60.2 Å². The fourth-order valence-electron chi connectivity index (χ4n) is 6.96. The zero-order chi connectivity index (χ0) is 21.4. The van der Waals surface area contributed by atoms with Crippen molar-refractivity contribution in [3.8, 4) is 5.75 Å². The average Bonchev–Trinajstić information content (AvgIpc) is 2.92. The van der Waals surface area contributed by atoms with Gasteiger partial charge < -0.3 is 4.74 Å². The summed E-state index contributed by atoms with van der Waals surface area (Å²) in [7, 11) is -3.58. The van der Waals surface area contributed by atoms with Crippen LogP contribution in [0.15, 0.2) is 59.5 Å².